The first kappa shape index (κ1) is 17.1. The van der Waals surface area contributed by atoms with Gasteiger partial charge in [0.1, 0.15) is 0 Å². The fraction of sp³-hybridized carbons (Fsp3) is 0.350. The molecule has 0 saturated heterocycles. The van der Waals surface area contributed by atoms with E-state index in [0.717, 1.165) is 23.4 Å². The summed E-state index contributed by atoms with van der Waals surface area (Å²) in [6.45, 7) is 5.28. The molecule has 2 aromatic rings. The molecule has 1 amide bonds. The number of hydrogen-bond donors (Lipinski definition) is 1. The summed E-state index contributed by atoms with van der Waals surface area (Å²) in [5.74, 6) is 0.0198. The number of carbonyl (C=O) groups excluding carboxylic acids is 1. The van der Waals surface area contributed by atoms with E-state index in [9.17, 15) is 4.79 Å². The van der Waals surface area contributed by atoms with Crippen molar-refractivity contribution in [3.05, 3.63) is 59.7 Å². The summed E-state index contributed by atoms with van der Waals surface area (Å²) in [5.41, 5.74) is 4.24. The van der Waals surface area contributed by atoms with E-state index in [-0.39, 0.29) is 5.91 Å². The lowest BCUT2D eigenvalue weighted by atomic mass is 10.1. The summed E-state index contributed by atoms with van der Waals surface area (Å²) >= 11 is 0. The van der Waals surface area contributed by atoms with Gasteiger partial charge in [-0.3, -0.25) is 4.79 Å². The van der Waals surface area contributed by atoms with Gasteiger partial charge in [-0.1, -0.05) is 37.6 Å². The minimum Gasteiger partial charge on any atom is -0.375 e. The van der Waals surface area contributed by atoms with Crippen LogP contribution >= 0.6 is 0 Å². The SMILES string of the molecule is CCCCN(C)c1ccc(NC(=O)Cc2ccccc2C)cc1. The van der Waals surface area contributed by atoms with Gasteiger partial charge in [0, 0.05) is 25.0 Å². The van der Waals surface area contributed by atoms with Crippen LogP contribution in [0.4, 0.5) is 11.4 Å². The van der Waals surface area contributed by atoms with Gasteiger partial charge in [-0.15, -0.1) is 0 Å². The second-order valence-electron chi connectivity index (χ2n) is 5.97. The van der Waals surface area contributed by atoms with Crippen LogP contribution in [0.1, 0.15) is 30.9 Å². The summed E-state index contributed by atoms with van der Waals surface area (Å²) in [6.07, 6.45) is 2.79. The van der Waals surface area contributed by atoms with Crippen LogP contribution in [0.5, 0.6) is 0 Å². The molecule has 3 nitrogen and oxygen atoms in total. The highest BCUT2D eigenvalue weighted by molar-refractivity contribution is 5.92. The van der Waals surface area contributed by atoms with E-state index in [2.05, 4.69) is 36.3 Å². The largest absolute Gasteiger partial charge is 0.375 e. The van der Waals surface area contributed by atoms with Crippen molar-refractivity contribution in [1.82, 2.24) is 0 Å². The number of unbranched alkanes of at least 4 members (excludes halogenated alkanes) is 1. The molecular weight excluding hydrogens is 284 g/mol. The third-order valence-corrected chi connectivity index (χ3v) is 4.05. The van der Waals surface area contributed by atoms with E-state index in [1.165, 1.54) is 18.5 Å². The zero-order valence-corrected chi connectivity index (χ0v) is 14.3. The Morgan fingerprint density at radius 1 is 1.09 bits per heavy atom. The Hall–Kier alpha value is -2.29. The highest BCUT2D eigenvalue weighted by Crippen LogP contribution is 2.18. The molecule has 2 rings (SSSR count). The van der Waals surface area contributed by atoms with E-state index in [1.54, 1.807) is 0 Å². The second-order valence-corrected chi connectivity index (χ2v) is 5.97. The van der Waals surface area contributed by atoms with Gasteiger partial charge in [-0.05, 0) is 48.7 Å². The van der Waals surface area contributed by atoms with Gasteiger partial charge in [0.25, 0.3) is 0 Å². The zero-order chi connectivity index (χ0) is 16.7. The molecule has 0 aliphatic heterocycles. The van der Waals surface area contributed by atoms with Crippen molar-refractivity contribution in [2.45, 2.75) is 33.1 Å². The molecule has 2 aromatic carbocycles. The number of aryl methyl sites for hydroxylation is 1. The minimum atomic E-state index is 0.0198. The van der Waals surface area contributed by atoms with Crippen molar-refractivity contribution in [2.24, 2.45) is 0 Å². The van der Waals surface area contributed by atoms with Gasteiger partial charge in [0.2, 0.25) is 5.91 Å². The normalized spacial score (nSPS) is 10.4. The van der Waals surface area contributed by atoms with Crippen molar-refractivity contribution in [3.8, 4) is 0 Å². The summed E-state index contributed by atoms with van der Waals surface area (Å²) in [5, 5.41) is 2.97. The van der Waals surface area contributed by atoms with Gasteiger partial charge in [0.05, 0.1) is 6.42 Å². The molecule has 0 bridgehead atoms. The molecule has 0 unspecified atom stereocenters. The Labute approximate surface area is 139 Å². The number of hydrogen-bond acceptors (Lipinski definition) is 2. The van der Waals surface area contributed by atoms with Crippen LogP contribution in [0.15, 0.2) is 48.5 Å². The van der Waals surface area contributed by atoms with Gasteiger partial charge in [-0.25, -0.2) is 0 Å². The van der Waals surface area contributed by atoms with Crippen molar-refractivity contribution in [3.63, 3.8) is 0 Å². The Morgan fingerprint density at radius 2 is 1.78 bits per heavy atom. The first-order chi connectivity index (χ1) is 11.1. The number of benzene rings is 2. The average molecular weight is 310 g/mol. The summed E-state index contributed by atoms with van der Waals surface area (Å²) in [6, 6.07) is 16.0. The van der Waals surface area contributed by atoms with Crippen LogP contribution in [-0.2, 0) is 11.2 Å². The monoisotopic (exact) mass is 310 g/mol. The molecule has 0 aliphatic rings. The first-order valence-electron chi connectivity index (χ1n) is 8.25. The molecule has 0 spiro atoms. The topological polar surface area (TPSA) is 32.3 Å². The Kier molecular flexibility index (Phi) is 6.21. The number of nitrogens with zero attached hydrogens (tertiary/aromatic N) is 1. The van der Waals surface area contributed by atoms with Crippen LogP contribution in [0.2, 0.25) is 0 Å². The molecule has 1 N–H and O–H groups in total. The second kappa shape index (κ2) is 8.37. The Morgan fingerprint density at radius 3 is 2.43 bits per heavy atom. The fourth-order valence-electron chi connectivity index (χ4n) is 2.51. The molecule has 0 heterocycles. The van der Waals surface area contributed by atoms with Crippen LogP contribution in [0.25, 0.3) is 0 Å². The predicted molar refractivity (Wildman–Crippen MR) is 98.1 cm³/mol. The molecular formula is C20H26N2O. The summed E-state index contributed by atoms with van der Waals surface area (Å²) in [7, 11) is 2.10. The molecule has 0 fully saturated rings. The summed E-state index contributed by atoms with van der Waals surface area (Å²) in [4.78, 5) is 14.4. The molecule has 3 heteroatoms. The summed E-state index contributed by atoms with van der Waals surface area (Å²) < 4.78 is 0. The third kappa shape index (κ3) is 5.13. The first-order valence-corrected chi connectivity index (χ1v) is 8.25. The van der Waals surface area contributed by atoms with Crippen LogP contribution in [0.3, 0.4) is 0 Å². The lowest BCUT2D eigenvalue weighted by molar-refractivity contribution is -0.115. The van der Waals surface area contributed by atoms with Crippen molar-refractivity contribution >= 4 is 17.3 Å². The maximum absolute atomic E-state index is 12.2. The Bertz CT molecular complexity index is 634. The smallest absolute Gasteiger partial charge is 0.228 e. The number of rotatable bonds is 7. The molecule has 0 radical (unpaired) electrons. The molecule has 0 atom stereocenters. The average Bonchev–Trinajstić information content (AvgIpc) is 2.55. The molecule has 0 aliphatic carbocycles. The van der Waals surface area contributed by atoms with E-state index in [0.29, 0.717) is 6.42 Å². The van der Waals surface area contributed by atoms with Crippen molar-refractivity contribution in [2.75, 3.05) is 23.8 Å². The number of carbonyl (C=O) groups is 1. The van der Waals surface area contributed by atoms with Crippen LogP contribution in [0, 0.1) is 6.92 Å². The number of nitrogens with one attached hydrogen (secondary N) is 1. The van der Waals surface area contributed by atoms with Gasteiger partial charge in [-0.2, -0.15) is 0 Å². The standard InChI is InChI=1S/C20H26N2O/c1-4-5-14-22(3)19-12-10-18(11-13-19)21-20(23)15-17-9-7-6-8-16(17)2/h6-13H,4-5,14-15H2,1-3H3,(H,21,23). The van der Waals surface area contributed by atoms with Crippen LogP contribution in [-0.4, -0.2) is 19.5 Å². The van der Waals surface area contributed by atoms with Crippen molar-refractivity contribution in [1.29, 1.82) is 0 Å². The predicted octanol–water partition coefficient (Wildman–Crippen LogP) is 4.41. The third-order valence-electron chi connectivity index (χ3n) is 4.05. The van der Waals surface area contributed by atoms with Gasteiger partial charge < -0.3 is 10.2 Å². The van der Waals surface area contributed by atoms with E-state index < -0.39 is 0 Å². The molecule has 122 valence electrons. The van der Waals surface area contributed by atoms with Crippen molar-refractivity contribution < 1.29 is 4.79 Å². The maximum Gasteiger partial charge on any atom is 0.228 e. The van der Waals surface area contributed by atoms with Gasteiger partial charge >= 0.3 is 0 Å². The Balaban J connectivity index is 1.93. The quantitative estimate of drug-likeness (QED) is 0.821. The highest BCUT2D eigenvalue weighted by atomic mass is 16.1. The molecule has 0 saturated carbocycles. The zero-order valence-electron chi connectivity index (χ0n) is 14.3. The fourth-order valence-corrected chi connectivity index (χ4v) is 2.51. The highest BCUT2D eigenvalue weighted by Gasteiger charge is 2.06. The van der Waals surface area contributed by atoms with Gasteiger partial charge in [0.15, 0.2) is 0 Å². The van der Waals surface area contributed by atoms with E-state index in [1.807, 2.05) is 43.3 Å². The maximum atomic E-state index is 12.2. The minimum absolute atomic E-state index is 0.0198. The molecule has 23 heavy (non-hydrogen) atoms. The lowest BCUT2D eigenvalue weighted by Crippen LogP contribution is -2.18. The number of amides is 1. The molecule has 0 aromatic heterocycles. The number of anilines is 2. The van der Waals surface area contributed by atoms with Crippen LogP contribution < -0.4 is 10.2 Å². The van der Waals surface area contributed by atoms with E-state index in [4.69, 9.17) is 0 Å². The van der Waals surface area contributed by atoms with E-state index >= 15 is 0 Å². The lowest BCUT2D eigenvalue weighted by Gasteiger charge is -2.19.